The monoisotopic (exact) mass is 256 g/mol. The fraction of sp³-hybridized carbons (Fsp3) is 0.312. The lowest BCUT2D eigenvalue weighted by atomic mass is 10.0. The predicted molar refractivity (Wildman–Crippen MR) is 77.6 cm³/mol. The van der Waals surface area contributed by atoms with E-state index in [0.29, 0.717) is 18.3 Å². The third-order valence-electron chi connectivity index (χ3n) is 3.02. The van der Waals surface area contributed by atoms with Gasteiger partial charge in [-0.2, -0.15) is 0 Å². The molecule has 0 radical (unpaired) electrons. The number of hydrogen-bond acceptors (Lipinski definition) is 3. The summed E-state index contributed by atoms with van der Waals surface area (Å²) < 4.78 is 5.83. The second-order valence-electron chi connectivity index (χ2n) is 4.83. The van der Waals surface area contributed by atoms with Crippen LogP contribution < -0.4 is 10.5 Å². The van der Waals surface area contributed by atoms with Crippen molar-refractivity contribution in [3.63, 3.8) is 0 Å². The van der Waals surface area contributed by atoms with Crippen LogP contribution in [0.3, 0.4) is 0 Å². The van der Waals surface area contributed by atoms with Gasteiger partial charge in [-0.1, -0.05) is 32.0 Å². The van der Waals surface area contributed by atoms with Crippen molar-refractivity contribution in [2.45, 2.75) is 26.2 Å². The van der Waals surface area contributed by atoms with Crippen molar-refractivity contribution in [2.24, 2.45) is 5.73 Å². The minimum Gasteiger partial charge on any atom is -0.439 e. The maximum absolute atomic E-state index is 5.83. The second kappa shape index (κ2) is 6.34. The average Bonchev–Trinajstić information content (AvgIpc) is 2.42. The molecular weight excluding hydrogens is 236 g/mol. The zero-order valence-corrected chi connectivity index (χ0v) is 11.5. The number of nitrogens with two attached hydrogens (primary N) is 1. The van der Waals surface area contributed by atoms with Gasteiger partial charge in [-0.3, -0.25) is 0 Å². The van der Waals surface area contributed by atoms with Gasteiger partial charge in [-0.15, -0.1) is 0 Å². The number of pyridine rings is 1. The van der Waals surface area contributed by atoms with Gasteiger partial charge < -0.3 is 10.5 Å². The molecule has 3 heteroatoms. The molecule has 0 spiro atoms. The topological polar surface area (TPSA) is 48.1 Å². The number of nitrogens with zero attached hydrogens (tertiary/aromatic N) is 1. The van der Waals surface area contributed by atoms with E-state index < -0.39 is 0 Å². The minimum atomic E-state index is 0.525. The summed E-state index contributed by atoms with van der Waals surface area (Å²) in [4.78, 5) is 4.27. The average molecular weight is 256 g/mol. The first kappa shape index (κ1) is 13.6. The van der Waals surface area contributed by atoms with Gasteiger partial charge in [0.1, 0.15) is 5.75 Å². The summed E-state index contributed by atoms with van der Waals surface area (Å²) in [6.45, 7) is 4.94. The van der Waals surface area contributed by atoms with Crippen LogP contribution in [0, 0.1) is 0 Å². The van der Waals surface area contributed by atoms with E-state index in [4.69, 9.17) is 10.5 Å². The Bertz CT molecular complexity index is 521. The summed E-state index contributed by atoms with van der Waals surface area (Å²) in [5.74, 6) is 1.98. The zero-order chi connectivity index (χ0) is 13.7. The highest BCUT2D eigenvalue weighted by atomic mass is 16.5. The van der Waals surface area contributed by atoms with Crippen LogP contribution in [0.25, 0.3) is 0 Å². The molecule has 0 aliphatic rings. The molecule has 3 nitrogen and oxygen atoms in total. The van der Waals surface area contributed by atoms with E-state index in [1.807, 2.05) is 24.3 Å². The Morgan fingerprint density at radius 3 is 2.53 bits per heavy atom. The van der Waals surface area contributed by atoms with Gasteiger partial charge in [0.2, 0.25) is 5.88 Å². The van der Waals surface area contributed by atoms with E-state index in [2.05, 4.69) is 31.0 Å². The quantitative estimate of drug-likeness (QED) is 0.890. The standard InChI is InChI=1S/C16H20N2O/c1-12(2)13-5-7-15(8-6-13)19-16-14(9-10-17)4-3-11-18-16/h3-8,11-12H,9-10,17H2,1-2H3. The Labute approximate surface area is 114 Å². The number of aromatic nitrogens is 1. The SMILES string of the molecule is CC(C)c1ccc(Oc2ncccc2CCN)cc1. The maximum atomic E-state index is 5.83. The number of benzene rings is 1. The van der Waals surface area contributed by atoms with Crippen LogP contribution >= 0.6 is 0 Å². The molecule has 0 atom stereocenters. The van der Waals surface area contributed by atoms with Crippen molar-refractivity contribution in [1.82, 2.24) is 4.98 Å². The number of rotatable bonds is 5. The van der Waals surface area contributed by atoms with E-state index in [0.717, 1.165) is 17.7 Å². The third kappa shape index (κ3) is 3.55. The van der Waals surface area contributed by atoms with Crippen molar-refractivity contribution in [1.29, 1.82) is 0 Å². The van der Waals surface area contributed by atoms with Gasteiger partial charge >= 0.3 is 0 Å². The van der Waals surface area contributed by atoms with Crippen LogP contribution in [0.4, 0.5) is 0 Å². The fourth-order valence-corrected chi connectivity index (χ4v) is 1.89. The molecule has 1 heterocycles. The van der Waals surface area contributed by atoms with E-state index in [9.17, 15) is 0 Å². The van der Waals surface area contributed by atoms with Gasteiger partial charge in [0, 0.05) is 11.8 Å². The molecule has 19 heavy (non-hydrogen) atoms. The lowest BCUT2D eigenvalue weighted by Crippen LogP contribution is -2.04. The highest BCUT2D eigenvalue weighted by molar-refractivity contribution is 5.34. The lowest BCUT2D eigenvalue weighted by Gasteiger charge is -2.10. The summed E-state index contributed by atoms with van der Waals surface area (Å²) in [5, 5.41) is 0. The van der Waals surface area contributed by atoms with E-state index in [1.165, 1.54) is 5.56 Å². The Hall–Kier alpha value is -1.87. The largest absolute Gasteiger partial charge is 0.439 e. The fourth-order valence-electron chi connectivity index (χ4n) is 1.89. The predicted octanol–water partition coefficient (Wildman–Crippen LogP) is 3.50. The Morgan fingerprint density at radius 1 is 1.16 bits per heavy atom. The molecule has 100 valence electrons. The minimum absolute atomic E-state index is 0.525. The molecule has 2 N–H and O–H groups in total. The van der Waals surface area contributed by atoms with Crippen molar-refractivity contribution in [3.8, 4) is 11.6 Å². The Morgan fingerprint density at radius 2 is 1.89 bits per heavy atom. The number of hydrogen-bond donors (Lipinski definition) is 1. The summed E-state index contributed by atoms with van der Waals surface area (Å²) >= 11 is 0. The molecule has 0 aliphatic heterocycles. The molecule has 1 aromatic carbocycles. The van der Waals surface area contributed by atoms with E-state index in [1.54, 1.807) is 6.20 Å². The summed E-state index contributed by atoms with van der Waals surface area (Å²) in [6, 6.07) is 12.0. The molecule has 0 amide bonds. The van der Waals surface area contributed by atoms with Crippen LogP contribution in [0.5, 0.6) is 11.6 Å². The summed E-state index contributed by atoms with van der Waals surface area (Å²) in [6.07, 6.45) is 2.51. The maximum Gasteiger partial charge on any atom is 0.222 e. The third-order valence-corrected chi connectivity index (χ3v) is 3.02. The van der Waals surface area contributed by atoms with Gasteiger partial charge in [-0.05, 0) is 42.6 Å². The van der Waals surface area contributed by atoms with Gasteiger partial charge in [0.15, 0.2) is 0 Å². The van der Waals surface area contributed by atoms with E-state index >= 15 is 0 Å². The molecule has 0 saturated heterocycles. The molecular formula is C16H20N2O. The molecule has 0 unspecified atom stereocenters. The zero-order valence-electron chi connectivity index (χ0n) is 11.5. The van der Waals surface area contributed by atoms with Gasteiger partial charge in [0.05, 0.1) is 0 Å². The van der Waals surface area contributed by atoms with Gasteiger partial charge in [0.25, 0.3) is 0 Å². The Balaban J connectivity index is 2.16. The molecule has 1 aromatic heterocycles. The van der Waals surface area contributed by atoms with Crippen molar-refractivity contribution in [2.75, 3.05) is 6.54 Å². The lowest BCUT2D eigenvalue weighted by molar-refractivity contribution is 0.456. The number of ether oxygens (including phenoxy) is 1. The van der Waals surface area contributed by atoms with Crippen LogP contribution in [0.15, 0.2) is 42.6 Å². The normalized spacial score (nSPS) is 10.7. The smallest absolute Gasteiger partial charge is 0.222 e. The van der Waals surface area contributed by atoms with Crippen molar-refractivity contribution in [3.05, 3.63) is 53.7 Å². The van der Waals surface area contributed by atoms with Crippen molar-refractivity contribution < 1.29 is 4.74 Å². The molecule has 0 bridgehead atoms. The molecule has 2 rings (SSSR count). The molecule has 0 fully saturated rings. The second-order valence-corrected chi connectivity index (χ2v) is 4.83. The van der Waals surface area contributed by atoms with Crippen LogP contribution in [-0.2, 0) is 6.42 Å². The molecule has 0 saturated carbocycles. The summed E-state index contributed by atoms with van der Waals surface area (Å²) in [7, 11) is 0. The first-order valence-electron chi connectivity index (χ1n) is 6.62. The molecule has 2 aromatic rings. The highest BCUT2D eigenvalue weighted by Crippen LogP contribution is 2.25. The first-order chi connectivity index (χ1) is 9.20. The Kier molecular flexibility index (Phi) is 4.53. The van der Waals surface area contributed by atoms with E-state index in [-0.39, 0.29) is 0 Å². The summed E-state index contributed by atoms with van der Waals surface area (Å²) in [5.41, 5.74) is 7.93. The van der Waals surface area contributed by atoms with Gasteiger partial charge in [-0.25, -0.2) is 4.98 Å². The van der Waals surface area contributed by atoms with Crippen LogP contribution in [-0.4, -0.2) is 11.5 Å². The van der Waals surface area contributed by atoms with Crippen LogP contribution in [0.1, 0.15) is 30.9 Å². The first-order valence-corrected chi connectivity index (χ1v) is 6.62. The highest BCUT2D eigenvalue weighted by Gasteiger charge is 2.06. The van der Waals surface area contributed by atoms with Crippen LogP contribution in [0.2, 0.25) is 0 Å². The molecule has 0 aliphatic carbocycles. The van der Waals surface area contributed by atoms with Crippen molar-refractivity contribution >= 4 is 0 Å².